The first-order valence-electron chi connectivity index (χ1n) is 6.21. The number of rotatable bonds is 5. The summed E-state index contributed by atoms with van der Waals surface area (Å²) in [7, 11) is 0. The molecule has 3 aromatic rings. The van der Waals surface area contributed by atoms with Gasteiger partial charge in [0, 0.05) is 16.3 Å². The minimum atomic E-state index is -0.571. The highest BCUT2D eigenvalue weighted by Gasteiger charge is 2.19. The van der Waals surface area contributed by atoms with Crippen molar-refractivity contribution in [3.63, 3.8) is 0 Å². The highest BCUT2D eigenvalue weighted by atomic mass is 32.1. The molecule has 0 fully saturated rings. The Labute approximate surface area is 128 Å². The summed E-state index contributed by atoms with van der Waals surface area (Å²) in [5.41, 5.74) is 1.35. The second-order valence-corrected chi connectivity index (χ2v) is 5.91. The zero-order valence-electron chi connectivity index (χ0n) is 10.9. The monoisotopic (exact) mass is 320 g/mol. The van der Waals surface area contributed by atoms with Crippen molar-refractivity contribution < 1.29 is 14.3 Å². The Kier molecular flexibility index (Phi) is 4.14. The van der Waals surface area contributed by atoms with Crippen molar-refractivity contribution in [1.82, 2.24) is 10.3 Å². The molecule has 21 heavy (non-hydrogen) atoms. The number of amides is 1. The van der Waals surface area contributed by atoms with Gasteiger partial charge >= 0.3 is 0 Å². The Hall–Kier alpha value is -1.96. The molecule has 1 unspecified atom stereocenters. The summed E-state index contributed by atoms with van der Waals surface area (Å²) in [4.78, 5) is 16.5. The zero-order chi connectivity index (χ0) is 14.7. The normalized spacial score (nSPS) is 12.2. The van der Waals surface area contributed by atoms with Crippen LogP contribution in [0.15, 0.2) is 45.0 Å². The summed E-state index contributed by atoms with van der Waals surface area (Å²) >= 11 is 3.00. The fraction of sp³-hybridized carbons (Fsp3) is 0.143. The Morgan fingerprint density at radius 3 is 3.00 bits per heavy atom. The van der Waals surface area contributed by atoms with E-state index in [2.05, 4.69) is 10.3 Å². The second kappa shape index (κ2) is 6.21. The molecular weight excluding hydrogens is 308 g/mol. The van der Waals surface area contributed by atoms with Crippen LogP contribution in [0.2, 0.25) is 0 Å². The van der Waals surface area contributed by atoms with Crippen LogP contribution in [0, 0.1) is 0 Å². The van der Waals surface area contributed by atoms with Gasteiger partial charge in [0.25, 0.3) is 5.91 Å². The van der Waals surface area contributed by atoms with E-state index in [1.165, 1.54) is 17.6 Å². The first-order chi connectivity index (χ1) is 10.3. The van der Waals surface area contributed by atoms with Crippen molar-refractivity contribution in [1.29, 1.82) is 0 Å². The third kappa shape index (κ3) is 3.05. The summed E-state index contributed by atoms with van der Waals surface area (Å²) in [5.74, 6) is 0.183. The summed E-state index contributed by atoms with van der Waals surface area (Å²) in [6, 6.07) is 4.81. The molecule has 0 bridgehead atoms. The predicted molar refractivity (Wildman–Crippen MR) is 81.4 cm³/mol. The van der Waals surface area contributed by atoms with Crippen LogP contribution in [0.25, 0.3) is 10.6 Å². The van der Waals surface area contributed by atoms with Gasteiger partial charge in [0.2, 0.25) is 0 Å². The number of carbonyl (C=O) groups is 1. The van der Waals surface area contributed by atoms with Crippen LogP contribution >= 0.6 is 22.7 Å². The molecule has 3 aromatic heterocycles. The number of hydrogen-bond donors (Lipinski definition) is 2. The van der Waals surface area contributed by atoms with Crippen LogP contribution in [-0.2, 0) is 0 Å². The quantitative estimate of drug-likeness (QED) is 0.758. The maximum Gasteiger partial charge on any atom is 0.271 e. The lowest BCUT2D eigenvalue weighted by molar-refractivity contribution is 0.0903. The molecule has 108 valence electrons. The van der Waals surface area contributed by atoms with Gasteiger partial charge in [0.05, 0.1) is 12.9 Å². The van der Waals surface area contributed by atoms with Gasteiger partial charge in [-0.15, -0.1) is 11.3 Å². The summed E-state index contributed by atoms with van der Waals surface area (Å²) < 4.78 is 5.20. The van der Waals surface area contributed by atoms with E-state index in [1.807, 2.05) is 16.8 Å². The van der Waals surface area contributed by atoms with Crippen LogP contribution in [0.4, 0.5) is 0 Å². The maximum atomic E-state index is 12.2. The average Bonchev–Trinajstić information content (AvgIpc) is 3.26. The van der Waals surface area contributed by atoms with Gasteiger partial charge in [-0.1, -0.05) is 0 Å². The first-order valence-corrected chi connectivity index (χ1v) is 8.03. The van der Waals surface area contributed by atoms with E-state index in [1.54, 1.807) is 28.8 Å². The molecule has 0 spiro atoms. The zero-order valence-corrected chi connectivity index (χ0v) is 12.5. The number of carbonyl (C=O) groups excluding carboxylic acids is 1. The van der Waals surface area contributed by atoms with Crippen molar-refractivity contribution in [2.75, 3.05) is 6.61 Å². The number of furan rings is 1. The van der Waals surface area contributed by atoms with Crippen LogP contribution in [0.3, 0.4) is 0 Å². The molecule has 0 radical (unpaired) electrons. The van der Waals surface area contributed by atoms with E-state index < -0.39 is 6.04 Å². The molecule has 0 aromatic carbocycles. The van der Waals surface area contributed by atoms with Crippen molar-refractivity contribution >= 4 is 28.6 Å². The van der Waals surface area contributed by atoms with Crippen LogP contribution in [-0.4, -0.2) is 22.6 Å². The number of aliphatic hydroxyl groups is 1. The Bertz CT molecular complexity index is 705. The Balaban J connectivity index is 1.73. The molecule has 3 rings (SSSR count). The topological polar surface area (TPSA) is 75.4 Å². The molecule has 3 heterocycles. The van der Waals surface area contributed by atoms with E-state index in [0.29, 0.717) is 11.5 Å². The number of hydrogen-bond acceptors (Lipinski definition) is 6. The van der Waals surface area contributed by atoms with Gasteiger partial charge in [-0.25, -0.2) is 4.98 Å². The van der Waals surface area contributed by atoms with E-state index in [4.69, 9.17) is 4.42 Å². The van der Waals surface area contributed by atoms with E-state index in [0.717, 1.165) is 10.6 Å². The van der Waals surface area contributed by atoms with Crippen LogP contribution in [0.5, 0.6) is 0 Å². The third-order valence-electron chi connectivity index (χ3n) is 2.88. The highest BCUT2D eigenvalue weighted by Crippen LogP contribution is 2.26. The molecule has 0 aliphatic heterocycles. The molecule has 0 saturated carbocycles. The molecule has 1 atom stereocenters. The number of thiazole rings is 1. The van der Waals surface area contributed by atoms with Crippen molar-refractivity contribution in [2.45, 2.75) is 6.04 Å². The van der Waals surface area contributed by atoms with Gasteiger partial charge in [0.1, 0.15) is 22.5 Å². The van der Waals surface area contributed by atoms with Crippen molar-refractivity contribution in [3.05, 3.63) is 52.1 Å². The Morgan fingerprint density at radius 2 is 2.33 bits per heavy atom. The predicted octanol–water partition coefficient (Wildman–Crippen LogP) is 2.93. The van der Waals surface area contributed by atoms with Crippen molar-refractivity contribution in [3.8, 4) is 10.6 Å². The van der Waals surface area contributed by atoms with Gasteiger partial charge in [-0.3, -0.25) is 4.79 Å². The van der Waals surface area contributed by atoms with E-state index in [-0.39, 0.29) is 12.5 Å². The van der Waals surface area contributed by atoms with Crippen LogP contribution < -0.4 is 5.32 Å². The van der Waals surface area contributed by atoms with Gasteiger partial charge < -0.3 is 14.8 Å². The SMILES string of the molecule is O=C(NC(CO)c1ccco1)c1csc(-c2ccsc2)n1. The highest BCUT2D eigenvalue weighted by molar-refractivity contribution is 7.14. The lowest BCUT2D eigenvalue weighted by atomic mass is 10.2. The summed E-state index contributed by atoms with van der Waals surface area (Å²) in [6.07, 6.45) is 1.50. The molecule has 5 nitrogen and oxygen atoms in total. The molecule has 1 amide bonds. The number of aromatic nitrogens is 1. The van der Waals surface area contributed by atoms with Crippen molar-refractivity contribution in [2.24, 2.45) is 0 Å². The van der Waals surface area contributed by atoms with Gasteiger partial charge in [-0.2, -0.15) is 11.3 Å². The lowest BCUT2D eigenvalue weighted by Crippen LogP contribution is -2.30. The van der Waals surface area contributed by atoms with Crippen LogP contribution in [0.1, 0.15) is 22.3 Å². The molecular formula is C14H12N2O3S2. The summed E-state index contributed by atoms with van der Waals surface area (Å²) in [6.45, 7) is -0.235. The van der Waals surface area contributed by atoms with Gasteiger partial charge in [-0.05, 0) is 23.6 Å². The Morgan fingerprint density at radius 1 is 1.43 bits per heavy atom. The number of aliphatic hydroxyl groups excluding tert-OH is 1. The second-order valence-electron chi connectivity index (χ2n) is 4.27. The fourth-order valence-corrected chi connectivity index (χ4v) is 3.34. The molecule has 7 heteroatoms. The first kappa shape index (κ1) is 14.0. The third-order valence-corrected chi connectivity index (χ3v) is 4.45. The molecule has 0 aliphatic carbocycles. The standard InChI is InChI=1S/C14H12N2O3S2/c17-6-10(12-2-1-4-19-12)15-13(18)11-8-21-14(16-11)9-3-5-20-7-9/h1-5,7-8,10,17H,6H2,(H,15,18). The largest absolute Gasteiger partial charge is 0.467 e. The lowest BCUT2D eigenvalue weighted by Gasteiger charge is -2.12. The smallest absolute Gasteiger partial charge is 0.271 e. The molecule has 2 N–H and O–H groups in total. The minimum Gasteiger partial charge on any atom is -0.467 e. The molecule has 0 saturated heterocycles. The van der Waals surface area contributed by atoms with E-state index >= 15 is 0 Å². The number of nitrogens with zero attached hydrogens (tertiary/aromatic N) is 1. The average molecular weight is 320 g/mol. The minimum absolute atomic E-state index is 0.235. The van der Waals surface area contributed by atoms with E-state index in [9.17, 15) is 9.90 Å². The number of nitrogens with one attached hydrogen (secondary N) is 1. The maximum absolute atomic E-state index is 12.2. The molecule has 0 aliphatic rings. The number of thiophene rings is 1. The fourth-order valence-electron chi connectivity index (χ4n) is 1.83. The summed E-state index contributed by atoms with van der Waals surface area (Å²) in [5, 5.41) is 18.5. The van der Waals surface area contributed by atoms with Gasteiger partial charge in [0.15, 0.2) is 0 Å².